The first-order valence-electron chi connectivity index (χ1n) is 17.3. The minimum Gasteiger partial charge on any atom is -0.462 e. The van der Waals surface area contributed by atoms with Gasteiger partial charge in [0.25, 0.3) is 0 Å². The van der Waals surface area contributed by atoms with Crippen LogP contribution >= 0.6 is 0 Å². The molecule has 1 aromatic carbocycles. The summed E-state index contributed by atoms with van der Waals surface area (Å²) in [5, 5.41) is 62.2. The minimum absolute atomic E-state index is 0.308. The highest BCUT2D eigenvalue weighted by Crippen LogP contribution is 2.36. The average Bonchev–Trinajstić information content (AvgIpc) is 3.77. The summed E-state index contributed by atoms with van der Waals surface area (Å²) in [5.74, 6) is 0.226. The molecular formula is C36H53NO12. The van der Waals surface area contributed by atoms with Gasteiger partial charge in [-0.1, -0.05) is 23.3 Å². The van der Waals surface area contributed by atoms with Gasteiger partial charge in [-0.05, 0) is 96.1 Å². The van der Waals surface area contributed by atoms with Crippen LogP contribution in [0.15, 0.2) is 35.4 Å². The number of rotatable bonds is 13. The number of hydrogen-bond acceptors (Lipinski definition) is 13. The Morgan fingerprint density at radius 3 is 2.02 bits per heavy atom. The topological polar surface area (TPSA) is 188 Å². The van der Waals surface area contributed by atoms with Crippen molar-refractivity contribution in [1.82, 2.24) is 4.90 Å². The van der Waals surface area contributed by atoms with E-state index in [9.17, 15) is 35.4 Å². The largest absolute Gasteiger partial charge is 0.462 e. The van der Waals surface area contributed by atoms with E-state index in [2.05, 4.69) is 4.90 Å². The van der Waals surface area contributed by atoms with E-state index in [1.807, 2.05) is 39.8 Å². The van der Waals surface area contributed by atoms with E-state index in [0.717, 1.165) is 37.1 Å². The molecule has 0 bridgehead atoms. The third-order valence-corrected chi connectivity index (χ3v) is 9.96. The first-order chi connectivity index (χ1) is 23.4. The second-order valence-corrected chi connectivity index (χ2v) is 14.1. The Labute approximate surface area is 287 Å². The molecule has 0 aromatic heterocycles. The van der Waals surface area contributed by atoms with Crippen LogP contribution in [0.2, 0.25) is 0 Å². The molecule has 274 valence electrons. The fourth-order valence-electron chi connectivity index (χ4n) is 7.15. The maximum absolute atomic E-state index is 13.6. The van der Waals surface area contributed by atoms with E-state index in [-0.39, 0.29) is 0 Å². The molecule has 13 heteroatoms. The summed E-state index contributed by atoms with van der Waals surface area (Å²) in [4.78, 5) is 16.1. The quantitative estimate of drug-likeness (QED) is 0.127. The molecule has 0 amide bonds. The average molecular weight is 692 g/mol. The Morgan fingerprint density at radius 2 is 1.43 bits per heavy atom. The van der Waals surface area contributed by atoms with Crippen LogP contribution in [0.4, 0.5) is 0 Å². The molecule has 0 aliphatic carbocycles. The molecule has 4 aliphatic heterocycles. The maximum Gasteiger partial charge on any atom is 0.338 e. The Hall–Kier alpha value is -2.43. The van der Waals surface area contributed by atoms with Crippen molar-refractivity contribution in [2.45, 2.75) is 121 Å². The van der Waals surface area contributed by atoms with Crippen molar-refractivity contribution >= 4 is 5.97 Å². The zero-order valence-electron chi connectivity index (χ0n) is 28.8. The van der Waals surface area contributed by atoms with Crippen molar-refractivity contribution in [2.75, 3.05) is 32.9 Å². The standard InChI is InChI=1S/C36H53NO12/c1-19(2)7-9-21-14-24(34(44)45-18-23-11-13-37-12-5-6-25(23)37)15-22(10-8-20(3)4)32(21)48-36-33(30(42)28(40)26(16-38)47-36)49-35-31(43)29(41)27(17-39)46-35/h7-8,14-15,23,25-31,33,35-36,38-43H,5-6,9-13,16-18H2,1-4H3. The van der Waals surface area contributed by atoms with Gasteiger partial charge in [-0.15, -0.1) is 0 Å². The molecule has 11 atom stereocenters. The minimum atomic E-state index is -1.67. The van der Waals surface area contributed by atoms with Crippen LogP contribution in [0, 0.1) is 5.92 Å². The predicted octanol–water partition coefficient (Wildman–Crippen LogP) is 0.987. The lowest BCUT2D eigenvalue weighted by Gasteiger charge is -2.43. The van der Waals surface area contributed by atoms with Gasteiger partial charge in [0.05, 0.1) is 25.4 Å². The monoisotopic (exact) mass is 691 g/mol. The second-order valence-electron chi connectivity index (χ2n) is 14.1. The van der Waals surface area contributed by atoms with Gasteiger partial charge < -0.3 is 54.3 Å². The summed E-state index contributed by atoms with van der Waals surface area (Å²) in [7, 11) is 0. The molecule has 5 rings (SSSR count). The lowest BCUT2D eigenvalue weighted by molar-refractivity contribution is -0.320. The van der Waals surface area contributed by atoms with Crippen LogP contribution in [0.25, 0.3) is 0 Å². The fourth-order valence-corrected chi connectivity index (χ4v) is 7.15. The van der Waals surface area contributed by atoms with E-state index in [4.69, 9.17) is 23.7 Å². The van der Waals surface area contributed by atoms with Crippen LogP contribution in [0.3, 0.4) is 0 Å². The van der Waals surface area contributed by atoms with Crippen molar-refractivity contribution in [3.63, 3.8) is 0 Å². The van der Waals surface area contributed by atoms with Crippen molar-refractivity contribution in [3.05, 3.63) is 52.1 Å². The van der Waals surface area contributed by atoms with Crippen LogP contribution in [-0.4, -0.2) is 136 Å². The van der Waals surface area contributed by atoms with Gasteiger partial charge in [-0.2, -0.15) is 0 Å². The summed E-state index contributed by atoms with van der Waals surface area (Å²) >= 11 is 0. The van der Waals surface area contributed by atoms with Gasteiger partial charge in [-0.25, -0.2) is 4.79 Å². The third-order valence-electron chi connectivity index (χ3n) is 9.96. The van der Waals surface area contributed by atoms with Crippen LogP contribution in [0.5, 0.6) is 5.75 Å². The number of ether oxygens (including phenoxy) is 5. The van der Waals surface area contributed by atoms with Crippen LogP contribution in [-0.2, 0) is 31.8 Å². The Balaban J connectivity index is 1.47. The van der Waals surface area contributed by atoms with E-state index in [1.165, 1.54) is 6.42 Å². The molecular weight excluding hydrogens is 638 g/mol. The van der Waals surface area contributed by atoms with Gasteiger partial charge >= 0.3 is 5.97 Å². The van der Waals surface area contributed by atoms with Crippen LogP contribution < -0.4 is 4.74 Å². The number of esters is 1. The molecule has 4 aliphatic rings. The highest BCUT2D eigenvalue weighted by molar-refractivity contribution is 5.90. The summed E-state index contributed by atoms with van der Waals surface area (Å²) in [6, 6.07) is 3.90. The van der Waals surface area contributed by atoms with Gasteiger partial charge in [0.15, 0.2) is 12.4 Å². The zero-order chi connectivity index (χ0) is 35.4. The van der Waals surface area contributed by atoms with E-state index >= 15 is 0 Å². The third kappa shape index (κ3) is 8.73. The number of hydrogen-bond donors (Lipinski definition) is 6. The molecule has 0 spiro atoms. The number of aliphatic hydroxyl groups excluding tert-OH is 6. The van der Waals surface area contributed by atoms with Gasteiger partial charge in [0.1, 0.15) is 42.4 Å². The number of nitrogens with zero attached hydrogens (tertiary/aromatic N) is 1. The normalized spacial score (nSPS) is 34.4. The lowest BCUT2D eigenvalue weighted by Crippen LogP contribution is -2.62. The van der Waals surface area contributed by atoms with Crippen LogP contribution in [0.1, 0.15) is 68.4 Å². The molecule has 11 unspecified atom stereocenters. The van der Waals surface area contributed by atoms with E-state index < -0.39 is 74.5 Å². The second kappa shape index (κ2) is 16.7. The Bertz CT molecular complexity index is 1300. The highest BCUT2D eigenvalue weighted by atomic mass is 16.8. The molecule has 0 radical (unpaired) electrons. The molecule has 6 N–H and O–H groups in total. The van der Waals surface area contributed by atoms with Crippen molar-refractivity contribution in [2.24, 2.45) is 5.92 Å². The fraction of sp³-hybridized carbons (Fsp3) is 0.694. The highest BCUT2D eigenvalue weighted by Gasteiger charge is 2.51. The summed E-state index contributed by atoms with van der Waals surface area (Å²) in [6.07, 6.45) is -5.06. The van der Waals surface area contributed by atoms with E-state index in [0.29, 0.717) is 53.8 Å². The smallest absolute Gasteiger partial charge is 0.338 e. The number of allylic oxidation sites excluding steroid dienone is 4. The molecule has 4 heterocycles. The van der Waals surface area contributed by atoms with Crippen molar-refractivity contribution < 1.29 is 59.1 Å². The lowest BCUT2D eigenvalue weighted by atomic mass is 9.96. The first kappa shape index (κ1) is 37.8. The summed E-state index contributed by atoms with van der Waals surface area (Å²) < 4.78 is 29.7. The summed E-state index contributed by atoms with van der Waals surface area (Å²) in [5.41, 5.74) is 3.70. The van der Waals surface area contributed by atoms with Crippen molar-refractivity contribution in [1.29, 1.82) is 0 Å². The van der Waals surface area contributed by atoms with E-state index in [1.54, 1.807) is 12.1 Å². The summed E-state index contributed by atoms with van der Waals surface area (Å²) in [6.45, 7) is 9.07. The van der Waals surface area contributed by atoms with Gasteiger partial charge in [0, 0.05) is 12.0 Å². The molecule has 49 heavy (non-hydrogen) atoms. The molecule has 0 saturated carbocycles. The van der Waals surface area contributed by atoms with Crippen molar-refractivity contribution in [3.8, 4) is 5.75 Å². The molecule has 1 aromatic rings. The maximum atomic E-state index is 13.6. The number of aliphatic hydroxyl groups is 6. The van der Waals surface area contributed by atoms with Gasteiger partial charge in [0.2, 0.25) is 6.29 Å². The molecule has 4 saturated heterocycles. The SMILES string of the molecule is CC(C)=CCc1cc(C(=O)OCC2CCN3CCCC23)cc(CC=C(C)C)c1OC1OC(CO)C(O)C(O)C1OC1OC(CO)C(O)C1O. The Kier molecular flexibility index (Phi) is 12.9. The number of carbonyl (C=O) groups excluding carboxylic acids is 1. The zero-order valence-corrected chi connectivity index (χ0v) is 28.8. The number of carbonyl (C=O) groups is 1. The number of benzene rings is 1. The first-order valence-corrected chi connectivity index (χ1v) is 17.3. The molecule has 13 nitrogen and oxygen atoms in total. The predicted molar refractivity (Wildman–Crippen MR) is 177 cm³/mol. The molecule has 4 fully saturated rings. The number of fused-ring (bicyclic) bond motifs is 1. The Morgan fingerprint density at radius 1 is 0.837 bits per heavy atom. The van der Waals surface area contributed by atoms with Gasteiger partial charge in [-0.3, -0.25) is 4.90 Å².